The van der Waals surface area contributed by atoms with Crippen LogP contribution in [0.5, 0.6) is 0 Å². The summed E-state index contributed by atoms with van der Waals surface area (Å²) >= 11 is 0. The van der Waals surface area contributed by atoms with Crippen molar-refractivity contribution < 1.29 is 9.90 Å². The Balaban J connectivity index is 2.77. The molecule has 2 N–H and O–H groups in total. The standard InChI is InChI=1S/C9H9N7O2/c10-14-12-7-3-1-6(2-4-7)5-8(9(17)18)13-16-15-11/h1-4,8,13H,5H2,(H,17,18)/t8-/m0/s1. The average molecular weight is 247 g/mol. The number of aliphatic carboxylic acids is 1. The van der Waals surface area contributed by atoms with Crippen molar-refractivity contribution in [3.63, 3.8) is 0 Å². The van der Waals surface area contributed by atoms with Gasteiger partial charge in [-0.2, -0.15) is 4.91 Å². The zero-order valence-electron chi connectivity index (χ0n) is 9.13. The van der Waals surface area contributed by atoms with Crippen molar-refractivity contribution in [2.45, 2.75) is 12.5 Å². The third-order valence-corrected chi connectivity index (χ3v) is 2.09. The zero-order valence-corrected chi connectivity index (χ0v) is 9.13. The SMILES string of the molecule is [N-]=[N+]=NN[C@@H](Cc1ccc(N=[N+]=[N-])cc1)C(=O)O. The van der Waals surface area contributed by atoms with Gasteiger partial charge >= 0.3 is 5.97 Å². The molecule has 0 radical (unpaired) electrons. The first-order valence-electron chi connectivity index (χ1n) is 4.84. The molecule has 1 atom stereocenters. The number of hydrogen-bond donors (Lipinski definition) is 2. The van der Waals surface area contributed by atoms with E-state index >= 15 is 0 Å². The Morgan fingerprint density at radius 1 is 1.33 bits per heavy atom. The summed E-state index contributed by atoms with van der Waals surface area (Å²) in [6, 6.07) is 5.41. The second kappa shape index (κ2) is 6.64. The highest BCUT2D eigenvalue weighted by Gasteiger charge is 2.19. The Bertz CT molecular complexity index is 514. The first-order valence-corrected chi connectivity index (χ1v) is 4.84. The molecule has 0 aliphatic heterocycles. The minimum atomic E-state index is -1.12. The van der Waals surface area contributed by atoms with Crippen LogP contribution in [0, 0.1) is 0 Å². The van der Waals surface area contributed by atoms with E-state index in [1.54, 1.807) is 24.3 Å². The molecule has 0 aliphatic rings. The number of nitrogens with zero attached hydrogens (tertiary/aromatic N) is 6. The fourth-order valence-electron chi connectivity index (χ4n) is 1.27. The average Bonchev–Trinajstić information content (AvgIpc) is 2.36. The number of azide groups is 2. The molecule has 0 aromatic heterocycles. The first-order chi connectivity index (χ1) is 8.67. The van der Waals surface area contributed by atoms with E-state index in [2.05, 4.69) is 25.6 Å². The fraction of sp³-hybridized carbons (Fsp3) is 0.222. The molecule has 18 heavy (non-hydrogen) atoms. The molecule has 0 unspecified atom stereocenters. The minimum absolute atomic E-state index is 0.144. The summed E-state index contributed by atoms with van der Waals surface area (Å²) in [5.41, 5.74) is 19.7. The Morgan fingerprint density at radius 2 is 2.00 bits per heavy atom. The molecular weight excluding hydrogens is 238 g/mol. The van der Waals surface area contributed by atoms with Crippen molar-refractivity contribution in [3.8, 4) is 0 Å². The highest BCUT2D eigenvalue weighted by molar-refractivity contribution is 5.73. The third kappa shape index (κ3) is 3.93. The van der Waals surface area contributed by atoms with Gasteiger partial charge in [-0.25, -0.2) is 10.2 Å². The highest BCUT2D eigenvalue weighted by atomic mass is 16.4. The van der Waals surface area contributed by atoms with Gasteiger partial charge in [-0.1, -0.05) is 29.4 Å². The lowest BCUT2D eigenvalue weighted by molar-refractivity contribution is -0.139. The van der Waals surface area contributed by atoms with Crippen molar-refractivity contribution in [1.82, 2.24) is 5.43 Å². The summed E-state index contributed by atoms with van der Waals surface area (Å²) in [7, 11) is 0. The van der Waals surface area contributed by atoms with E-state index < -0.39 is 12.0 Å². The summed E-state index contributed by atoms with van der Waals surface area (Å²) < 4.78 is 0. The summed E-state index contributed by atoms with van der Waals surface area (Å²) in [4.78, 5) is 15.9. The number of carboxylic acids is 1. The van der Waals surface area contributed by atoms with Gasteiger partial charge in [0.05, 0.1) is 0 Å². The van der Waals surface area contributed by atoms with Crippen LogP contribution in [0.2, 0.25) is 0 Å². The lowest BCUT2D eigenvalue weighted by Crippen LogP contribution is -2.34. The van der Waals surface area contributed by atoms with Crippen molar-refractivity contribution in [2.75, 3.05) is 0 Å². The summed E-state index contributed by atoms with van der Waals surface area (Å²) in [5, 5.41) is 15.3. The molecule has 9 nitrogen and oxygen atoms in total. The number of hydrogen-bond acceptors (Lipinski definition) is 3. The second-order valence-electron chi connectivity index (χ2n) is 3.27. The summed E-state index contributed by atoms with van der Waals surface area (Å²) in [6.07, 6.45) is 0.144. The van der Waals surface area contributed by atoms with Gasteiger partial charge in [-0.3, -0.25) is 0 Å². The smallest absolute Gasteiger partial charge is 0.349 e. The van der Waals surface area contributed by atoms with Gasteiger partial charge < -0.3 is 5.11 Å². The molecule has 0 amide bonds. The van der Waals surface area contributed by atoms with Gasteiger partial charge in [0.15, 0.2) is 6.04 Å². The Hall–Kier alpha value is -2.89. The van der Waals surface area contributed by atoms with Crippen LogP contribution in [0.15, 0.2) is 34.6 Å². The van der Waals surface area contributed by atoms with Gasteiger partial charge in [-0.05, 0) is 16.3 Å². The number of rotatable bonds is 6. The van der Waals surface area contributed by atoms with Crippen molar-refractivity contribution >= 4 is 11.7 Å². The Morgan fingerprint density at radius 3 is 2.50 bits per heavy atom. The van der Waals surface area contributed by atoms with E-state index in [4.69, 9.17) is 16.2 Å². The normalized spacial score (nSPS) is 10.7. The molecule has 9 heteroatoms. The maximum absolute atomic E-state index is 10.9. The number of carbonyl (C=O) groups is 1. The second-order valence-corrected chi connectivity index (χ2v) is 3.27. The van der Waals surface area contributed by atoms with Crippen LogP contribution in [0.4, 0.5) is 5.69 Å². The van der Waals surface area contributed by atoms with Gasteiger partial charge in [0.2, 0.25) is 0 Å². The number of benzene rings is 1. The van der Waals surface area contributed by atoms with Gasteiger partial charge in [-0.15, -0.1) is 5.53 Å². The lowest BCUT2D eigenvalue weighted by Gasteiger charge is -2.08. The highest BCUT2D eigenvalue weighted by Crippen LogP contribution is 2.14. The van der Waals surface area contributed by atoms with Crippen LogP contribution in [-0.2, 0) is 11.2 Å². The van der Waals surface area contributed by atoms with Crippen molar-refractivity contribution in [2.24, 2.45) is 10.3 Å². The molecular formula is C9H9N7O2. The fourth-order valence-corrected chi connectivity index (χ4v) is 1.27. The van der Waals surface area contributed by atoms with E-state index in [0.717, 1.165) is 0 Å². The predicted octanol–water partition coefficient (Wildman–Crippen LogP) is 2.44. The molecule has 0 saturated heterocycles. The van der Waals surface area contributed by atoms with Crippen molar-refractivity contribution in [3.05, 3.63) is 50.7 Å². The zero-order chi connectivity index (χ0) is 13.4. The molecule has 1 rings (SSSR count). The molecule has 1 aromatic rings. The summed E-state index contributed by atoms with van der Waals surface area (Å²) in [5.74, 6) is -1.12. The molecule has 92 valence electrons. The first kappa shape index (κ1) is 13.2. The van der Waals surface area contributed by atoms with E-state index in [-0.39, 0.29) is 6.42 Å². The molecule has 0 spiro atoms. The van der Waals surface area contributed by atoms with Gasteiger partial charge in [0.25, 0.3) is 0 Å². The molecule has 0 heterocycles. The molecule has 0 bridgehead atoms. The topological polar surface area (TPSA) is 147 Å². The maximum Gasteiger partial charge on any atom is 0.349 e. The molecule has 0 saturated carbocycles. The quantitative estimate of drug-likeness (QED) is 0.344. The monoisotopic (exact) mass is 247 g/mol. The van der Waals surface area contributed by atoms with Crippen LogP contribution in [-0.4, -0.2) is 17.1 Å². The molecule has 0 aliphatic carbocycles. The van der Waals surface area contributed by atoms with Crippen LogP contribution in [0.25, 0.3) is 20.9 Å². The van der Waals surface area contributed by atoms with Crippen LogP contribution >= 0.6 is 0 Å². The van der Waals surface area contributed by atoms with Gasteiger partial charge in [0.1, 0.15) is 0 Å². The van der Waals surface area contributed by atoms with Crippen LogP contribution in [0.1, 0.15) is 5.56 Å². The minimum Gasteiger partial charge on any atom is -0.478 e. The Kier molecular flexibility index (Phi) is 4.86. The number of nitrogens with one attached hydrogen (secondary N) is 1. The van der Waals surface area contributed by atoms with Crippen LogP contribution in [0.3, 0.4) is 0 Å². The molecule has 1 aromatic carbocycles. The summed E-state index contributed by atoms with van der Waals surface area (Å²) in [6.45, 7) is 0. The van der Waals surface area contributed by atoms with E-state index in [1.165, 1.54) is 0 Å². The van der Waals surface area contributed by atoms with E-state index in [1.807, 2.05) is 0 Å². The lowest BCUT2D eigenvalue weighted by atomic mass is 10.1. The van der Waals surface area contributed by atoms with E-state index in [0.29, 0.717) is 11.3 Å². The van der Waals surface area contributed by atoms with Gasteiger partial charge in [0, 0.05) is 17.0 Å². The molecule has 0 fully saturated rings. The largest absolute Gasteiger partial charge is 0.478 e. The third-order valence-electron chi connectivity index (χ3n) is 2.09. The van der Waals surface area contributed by atoms with Crippen LogP contribution < -0.4 is 5.43 Å². The van der Waals surface area contributed by atoms with Crippen molar-refractivity contribution in [1.29, 1.82) is 0 Å². The predicted molar refractivity (Wildman–Crippen MR) is 62.7 cm³/mol. The maximum atomic E-state index is 10.9. The Labute approximate surface area is 101 Å². The number of carboxylic acid groups (broad SMARTS) is 1. The van der Waals surface area contributed by atoms with E-state index in [9.17, 15) is 4.79 Å².